The van der Waals surface area contributed by atoms with Gasteiger partial charge in [-0.3, -0.25) is 0 Å². The smallest absolute Gasteiger partial charge is 0.0642 e. The first-order valence-electron chi connectivity index (χ1n) is 10.9. The third-order valence-electron chi connectivity index (χ3n) is 6.68. The molecule has 1 aromatic heterocycles. The third kappa shape index (κ3) is 3.79. The SMILES string of the molecule is CN(C)C1CCc2[nH]c3ccc(Cc4ccc(N5CCOCC5)cc4)cc3c2C1. The maximum absolute atomic E-state index is 5.46. The molecule has 1 aliphatic heterocycles. The lowest BCUT2D eigenvalue weighted by Gasteiger charge is -2.29. The van der Waals surface area contributed by atoms with Crippen LogP contribution >= 0.6 is 0 Å². The molecule has 2 aliphatic rings. The zero-order chi connectivity index (χ0) is 19.8. The van der Waals surface area contributed by atoms with E-state index in [2.05, 4.69) is 71.3 Å². The van der Waals surface area contributed by atoms with Gasteiger partial charge in [-0.25, -0.2) is 0 Å². The average Bonchev–Trinajstić information content (AvgIpc) is 3.12. The molecule has 0 amide bonds. The molecule has 2 heterocycles. The summed E-state index contributed by atoms with van der Waals surface area (Å²) in [4.78, 5) is 8.46. The van der Waals surface area contributed by atoms with Gasteiger partial charge in [-0.05, 0) is 80.7 Å². The molecule has 0 radical (unpaired) electrons. The van der Waals surface area contributed by atoms with E-state index in [4.69, 9.17) is 4.74 Å². The Bertz CT molecular complexity index is 983. The normalized spacial score (nSPS) is 19.7. The number of ether oxygens (including phenoxy) is 1. The van der Waals surface area contributed by atoms with E-state index in [1.54, 1.807) is 0 Å². The first-order chi connectivity index (χ1) is 14.2. The van der Waals surface area contributed by atoms with Crippen molar-refractivity contribution in [3.05, 3.63) is 64.8 Å². The van der Waals surface area contributed by atoms with Crippen LogP contribution in [0.15, 0.2) is 42.5 Å². The molecule has 0 saturated carbocycles. The number of fused-ring (bicyclic) bond motifs is 3. The van der Waals surface area contributed by atoms with Crippen LogP contribution in [0.2, 0.25) is 0 Å². The van der Waals surface area contributed by atoms with Crippen molar-refractivity contribution in [2.75, 3.05) is 45.3 Å². The zero-order valence-corrected chi connectivity index (χ0v) is 17.6. The van der Waals surface area contributed by atoms with Gasteiger partial charge in [0, 0.05) is 41.4 Å². The number of rotatable bonds is 4. The Morgan fingerprint density at radius 1 is 1.03 bits per heavy atom. The molecule has 1 aliphatic carbocycles. The number of hydrogen-bond acceptors (Lipinski definition) is 3. The summed E-state index contributed by atoms with van der Waals surface area (Å²) in [5, 5.41) is 1.42. The quantitative estimate of drug-likeness (QED) is 0.731. The monoisotopic (exact) mass is 389 g/mol. The molecule has 1 N–H and O–H groups in total. The fourth-order valence-electron chi connectivity index (χ4n) is 4.88. The second-order valence-electron chi connectivity index (χ2n) is 8.76. The number of hydrogen-bond donors (Lipinski definition) is 1. The maximum Gasteiger partial charge on any atom is 0.0642 e. The fourth-order valence-corrected chi connectivity index (χ4v) is 4.88. The predicted octanol–water partition coefficient (Wildman–Crippen LogP) is 4.01. The minimum atomic E-state index is 0.651. The van der Waals surface area contributed by atoms with Gasteiger partial charge in [0.15, 0.2) is 0 Å². The highest BCUT2D eigenvalue weighted by atomic mass is 16.5. The van der Waals surface area contributed by atoms with E-state index in [0.717, 1.165) is 45.6 Å². The molecule has 2 aromatic carbocycles. The zero-order valence-electron chi connectivity index (χ0n) is 17.6. The number of anilines is 1. The summed E-state index contributed by atoms with van der Waals surface area (Å²) in [6, 6.07) is 16.7. The number of aromatic amines is 1. The topological polar surface area (TPSA) is 31.5 Å². The van der Waals surface area contributed by atoms with Gasteiger partial charge in [-0.15, -0.1) is 0 Å². The Hall–Kier alpha value is -2.30. The molecule has 29 heavy (non-hydrogen) atoms. The Morgan fingerprint density at radius 3 is 2.55 bits per heavy atom. The average molecular weight is 390 g/mol. The number of aryl methyl sites for hydroxylation is 1. The van der Waals surface area contributed by atoms with Crippen molar-refractivity contribution in [2.45, 2.75) is 31.7 Å². The van der Waals surface area contributed by atoms with Gasteiger partial charge in [0.25, 0.3) is 0 Å². The van der Waals surface area contributed by atoms with Crippen LogP contribution < -0.4 is 4.90 Å². The standard InChI is InChI=1S/C25H31N3O/c1-27(2)21-8-10-25-23(17-21)22-16-19(5-9-24(22)26-25)15-18-3-6-20(7-4-18)28-11-13-29-14-12-28/h3-7,9,16,21,26H,8,10-15,17H2,1-2H3. The molecule has 4 heteroatoms. The number of benzene rings is 2. The van der Waals surface area contributed by atoms with E-state index < -0.39 is 0 Å². The van der Waals surface area contributed by atoms with Crippen molar-refractivity contribution in [3.8, 4) is 0 Å². The molecule has 5 rings (SSSR count). The molecule has 1 saturated heterocycles. The molecular formula is C25H31N3O. The third-order valence-corrected chi connectivity index (χ3v) is 6.68. The van der Waals surface area contributed by atoms with E-state index in [9.17, 15) is 0 Å². The van der Waals surface area contributed by atoms with Crippen molar-refractivity contribution in [1.29, 1.82) is 0 Å². The number of aromatic nitrogens is 1. The highest BCUT2D eigenvalue weighted by molar-refractivity contribution is 5.85. The predicted molar refractivity (Wildman–Crippen MR) is 120 cm³/mol. The molecule has 1 atom stereocenters. The molecule has 1 fully saturated rings. The number of nitrogens with zero attached hydrogens (tertiary/aromatic N) is 2. The minimum Gasteiger partial charge on any atom is -0.378 e. The summed E-state index contributed by atoms with van der Waals surface area (Å²) in [6.07, 6.45) is 4.54. The summed E-state index contributed by atoms with van der Waals surface area (Å²) < 4.78 is 5.46. The van der Waals surface area contributed by atoms with E-state index in [1.165, 1.54) is 45.4 Å². The molecule has 1 unspecified atom stereocenters. The summed E-state index contributed by atoms with van der Waals surface area (Å²) >= 11 is 0. The molecule has 0 spiro atoms. The summed E-state index contributed by atoms with van der Waals surface area (Å²) in [7, 11) is 4.41. The van der Waals surface area contributed by atoms with Crippen LogP contribution in [0.3, 0.4) is 0 Å². The number of morpholine rings is 1. The number of likely N-dealkylation sites (N-methyl/N-ethyl adjacent to an activating group) is 1. The summed E-state index contributed by atoms with van der Waals surface area (Å²) in [6.45, 7) is 3.64. The highest BCUT2D eigenvalue weighted by Crippen LogP contribution is 2.31. The first-order valence-corrected chi connectivity index (χ1v) is 10.9. The van der Waals surface area contributed by atoms with Crippen molar-refractivity contribution in [2.24, 2.45) is 0 Å². The van der Waals surface area contributed by atoms with Crippen LogP contribution in [0.25, 0.3) is 10.9 Å². The molecule has 0 bridgehead atoms. The van der Waals surface area contributed by atoms with Crippen LogP contribution in [0.4, 0.5) is 5.69 Å². The molecule has 3 aromatic rings. The van der Waals surface area contributed by atoms with E-state index >= 15 is 0 Å². The largest absolute Gasteiger partial charge is 0.378 e. The van der Waals surface area contributed by atoms with Crippen molar-refractivity contribution < 1.29 is 4.74 Å². The number of H-pyrrole nitrogens is 1. The van der Waals surface area contributed by atoms with E-state index in [1.807, 2.05) is 0 Å². The summed E-state index contributed by atoms with van der Waals surface area (Å²) in [5.74, 6) is 0. The molecule has 152 valence electrons. The van der Waals surface area contributed by atoms with E-state index in [-0.39, 0.29) is 0 Å². The van der Waals surface area contributed by atoms with Gasteiger partial charge in [0.05, 0.1) is 13.2 Å². The lowest BCUT2D eigenvalue weighted by molar-refractivity contribution is 0.122. The Balaban J connectivity index is 1.36. The molecular weight excluding hydrogens is 358 g/mol. The van der Waals surface area contributed by atoms with Gasteiger partial charge < -0.3 is 19.5 Å². The van der Waals surface area contributed by atoms with Crippen molar-refractivity contribution in [1.82, 2.24) is 9.88 Å². The van der Waals surface area contributed by atoms with Crippen LogP contribution in [-0.2, 0) is 24.0 Å². The van der Waals surface area contributed by atoms with Gasteiger partial charge >= 0.3 is 0 Å². The van der Waals surface area contributed by atoms with Crippen molar-refractivity contribution in [3.63, 3.8) is 0 Å². The highest BCUT2D eigenvalue weighted by Gasteiger charge is 2.23. The second-order valence-corrected chi connectivity index (χ2v) is 8.76. The second kappa shape index (κ2) is 7.85. The van der Waals surface area contributed by atoms with E-state index in [0.29, 0.717) is 6.04 Å². The lowest BCUT2D eigenvalue weighted by atomic mass is 9.90. The van der Waals surface area contributed by atoms with Gasteiger partial charge in [0.1, 0.15) is 0 Å². The fraction of sp³-hybridized carbons (Fsp3) is 0.440. The maximum atomic E-state index is 5.46. The van der Waals surface area contributed by atoms with Crippen LogP contribution in [-0.4, -0.2) is 56.3 Å². The molecule has 4 nitrogen and oxygen atoms in total. The van der Waals surface area contributed by atoms with Crippen LogP contribution in [0.1, 0.15) is 28.8 Å². The first kappa shape index (κ1) is 18.7. The van der Waals surface area contributed by atoms with Gasteiger partial charge in [-0.1, -0.05) is 18.2 Å². The number of nitrogens with one attached hydrogen (secondary N) is 1. The Morgan fingerprint density at radius 2 is 1.79 bits per heavy atom. The lowest BCUT2D eigenvalue weighted by Crippen LogP contribution is -2.36. The van der Waals surface area contributed by atoms with Gasteiger partial charge in [-0.2, -0.15) is 0 Å². The minimum absolute atomic E-state index is 0.651. The van der Waals surface area contributed by atoms with Crippen LogP contribution in [0, 0.1) is 0 Å². The Labute approximate surface area is 173 Å². The Kier molecular flexibility index (Phi) is 5.06. The van der Waals surface area contributed by atoms with Crippen LogP contribution in [0.5, 0.6) is 0 Å². The summed E-state index contributed by atoms with van der Waals surface area (Å²) in [5.41, 5.74) is 8.35. The van der Waals surface area contributed by atoms with Crippen molar-refractivity contribution >= 4 is 16.6 Å². The van der Waals surface area contributed by atoms with Gasteiger partial charge in [0.2, 0.25) is 0 Å².